The molecule has 0 spiro atoms. The first-order valence-electron chi connectivity index (χ1n) is 9.17. The van der Waals surface area contributed by atoms with Gasteiger partial charge in [-0.3, -0.25) is 9.59 Å². The standard InChI is InChI=1S/C19H23N5O3/c1-11-16(12(2)27-22-11)10-24-15-4-3-14(19(24)26)8-23(9-15)18(25)13-5-6-21-17(20)7-13/h5-7,14-15H,3-4,8-10H2,1-2H3,(H2,20,21)/t14-,15+/m0/s1. The number of nitrogen functional groups attached to an aromatic ring is 1. The minimum atomic E-state index is -0.174. The number of piperidine rings is 1. The van der Waals surface area contributed by atoms with Crippen molar-refractivity contribution in [1.29, 1.82) is 0 Å². The molecule has 0 unspecified atom stereocenters. The number of amides is 2. The number of nitrogens with zero attached hydrogens (tertiary/aromatic N) is 4. The molecule has 3 aliphatic heterocycles. The Kier molecular flexibility index (Phi) is 4.33. The number of pyridine rings is 1. The molecule has 3 aliphatic rings. The Balaban J connectivity index is 1.58. The van der Waals surface area contributed by atoms with E-state index in [0.717, 1.165) is 29.9 Å². The Morgan fingerprint density at radius 2 is 2.15 bits per heavy atom. The Hall–Kier alpha value is -2.90. The van der Waals surface area contributed by atoms with Crippen LogP contribution in [-0.4, -0.2) is 50.9 Å². The molecule has 0 saturated carbocycles. The first-order chi connectivity index (χ1) is 12.9. The summed E-state index contributed by atoms with van der Waals surface area (Å²) >= 11 is 0. The van der Waals surface area contributed by atoms with Crippen LogP contribution in [0.25, 0.3) is 0 Å². The summed E-state index contributed by atoms with van der Waals surface area (Å²) in [4.78, 5) is 33.6. The van der Waals surface area contributed by atoms with Gasteiger partial charge in [-0.05, 0) is 38.8 Å². The van der Waals surface area contributed by atoms with Crippen LogP contribution in [-0.2, 0) is 11.3 Å². The van der Waals surface area contributed by atoms with Crippen LogP contribution in [0.3, 0.4) is 0 Å². The van der Waals surface area contributed by atoms with Gasteiger partial charge in [-0.25, -0.2) is 4.98 Å². The van der Waals surface area contributed by atoms with Crippen molar-refractivity contribution in [1.82, 2.24) is 19.9 Å². The monoisotopic (exact) mass is 369 g/mol. The van der Waals surface area contributed by atoms with Crippen molar-refractivity contribution in [3.8, 4) is 0 Å². The number of anilines is 1. The van der Waals surface area contributed by atoms with Crippen LogP contribution in [0.15, 0.2) is 22.9 Å². The molecule has 3 saturated heterocycles. The van der Waals surface area contributed by atoms with E-state index in [1.54, 1.807) is 17.0 Å². The first-order valence-corrected chi connectivity index (χ1v) is 9.17. The van der Waals surface area contributed by atoms with Gasteiger partial charge in [-0.15, -0.1) is 0 Å². The predicted octanol–water partition coefficient (Wildman–Crippen LogP) is 1.53. The number of nitrogens with two attached hydrogens (primary N) is 1. The molecule has 2 aromatic rings. The number of aryl methyl sites for hydroxylation is 2. The van der Waals surface area contributed by atoms with Crippen molar-refractivity contribution in [3.63, 3.8) is 0 Å². The molecule has 0 aromatic carbocycles. The number of fused-ring (bicyclic) bond motifs is 4. The molecular formula is C19H23N5O3. The van der Waals surface area contributed by atoms with E-state index < -0.39 is 0 Å². The van der Waals surface area contributed by atoms with Crippen LogP contribution in [0, 0.1) is 19.8 Å². The van der Waals surface area contributed by atoms with Crippen LogP contribution < -0.4 is 5.73 Å². The fraction of sp³-hybridized carbons (Fsp3) is 0.474. The van der Waals surface area contributed by atoms with Gasteiger partial charge < -0.3 is 20.1 Å². The van der Waals surface area contributed by atoms with Crippen LogP contribution in [0.2, 0.25) is 0 Å². The summed E-state index contributed by atoms with van der Waals surface area (Å²) in [7, 11) is 0. The SMILES string of the molecule is Cc1noc(C)c1CN1C(=O)[C@H]2CC[C@@H]1CN(C(=O)c1ccnc(N)c1)C2. The Bertz CT molecular complexity index is 874. The van der Waals surface area contributed by atoms with Gasteiger partial charge in [0.2, 0.25) is 5.91 Å². The molecule has 142 valence electrons. The minimum absolute atomic E-state index is 0.00640. The quantitative estimate of drug-likeness (QED) is 0.880. The molecule has 5 heterocycles. The van der Waals surface area contributed by atoms with Gasteiger partial charge in [-0.2, -0.15) is 0 Å². The molecular weight excluding hydrogens is 346 g/mol. The largest absolute Gasteiger partial charge is 0.384 e. The second-order valence-corrected chi connectivity index (χ2v) is 7.38. The maximum atomic E-state index is 13.0. The second kappa shape index (κ2) is 6.68. The highest BCUT2D eigenvalue weighted by Crippen LogP contribution is 2.32. The number of aromatic nitrogens is 2. The average molecular weight is 369 g/mol. The van der Waals surface area contributed by atoms with Crippen molar-refractivity contribution < 1.29 is 14.1 Å². The third kappa shape index (κ3) is 3.15. The van der Waals surface area contributed by atoms with Crippen molar-refractivity contribution in [2.75, 3.05) is 18.8 Å². The lowest BCUT2D eigenvalue weighted by molar-refractivity contribution is -0.140. The summed E-state index contributed by atoms with van der Waals surface area (Å²) < 4.78 is 5.24. The normalized spacial score (nSPS) is 22.2. The lowest BCUT2D eigenvalue weighted by Gasteiger charge is -2.35. The van der Waals surface area contributed by atoms with Gasteiger partial charge in [-0.1, -0.05) is 5.16 Å². The maximum absolute atomic E-state index is 13.0. The zero-order valence-corrected chi connectivity index (χ0v) is 15.5. The number of hydrogen-bond donors (Lipinski definition) is 1. The summed E-state index contributed by atoms with van der Waals surface area (Å²) in [5, 5.41) is 3.99. The van der Waals surface area contributed by atoms with Gasteiger partial charge in [0, 0.05) is 36.5 Å². The minimum Gasteiger partial charge on any atom is -0.384 e. The lowest BCUT2D eigenvalue weighted by Crippen LogP contribution is -2.47. The molecule has 2 aromatic heterocycles. The van der Waals surface area contributed by atoms with Crippen LogP contribution in [0.4, 0.5) is 5.82 Å². The van der Waals surface area contributed by atoms with Crippen molar-refractivity contribution in [3.05, 3.63) is 40.9 Å². The fourth-order valence-corrected chi connectivity index (χ4v) is 4.08. The zero-order valence-electron chi connectivity index (χ0n) is 15.5. The topological polar surface area (TPSA) is 106 Å². The molecule has 27 heavy (non-hydrogen) atoms. The Morgan fingerprint density at radius 1 is 1.33 bits per heavy atom. The molecule has 5 rings (SSSR count). The predicted molar refractivity (Wildman–Crippen MR) is 97.6 cm³/mol. The maximum Gasteiger partial charge on any atom is 0.254 e. The van der Waals surface area contributed by atoms with Crippen LogP contribution in [0.1, 0.15) is 40.2 Å². The van der Waals surface area contributed by atoms with E-state index in [-0.39, 0.29) is 23.8 Å². The highest BCUT2D eigenvalue weighted by Gasteiger charge is 2.42. The van der Waals surface area contributed by atoms with E-state index in [2.05, 4.69) is 10.1 Å². The van der Waals surface area contributed by atoms with E-state index in [1.165, 1.54) is 6.20 Å². The highest BCUT2D eigenvalue weighted by molar-refractivity contribution is 5.95. The molecule has 2 bridgehead atoms. The van der Waals surface area contributed by atoms with Crippen LogP contribution in [0.5, 0.6) is 0 Å². The molecule has 2 N–H and O–H groups in total. The average Bonchev–Trinajstić information content (AvgIpc) is 2.82. The molecule has 2 amide bonds. The van der Waals surface area contributed by atoms with Gasteiger partial charge in [0.05, 0.1) is 18.2 Å². The zero-order chi connectivity index (χ0) is 19.1. The lowest BCUT2D eigenvalue weighted by atomic mass is 9.93. The van der Waals surface area contributed by atoms with Gasteiger partial charge in [0.25, 0.3) is 5.91 Å². The summed E-state index contributed by atoms with van der Waals surface area (Å²) in [6.45, 7) is 5.18. The molecule has 3 fully saturated rings. The molecule has 0 radical (unpaired) electrons. The number of carbonyl (C=O) groups excluding carboxylic acids is 2. The van der Waals surface area contributed by atoms with E-state index in [0.29, 0.717) is 31.0 Å². The molecule has 8 heteroatoms. The summed E-state index contributed by atoms with van der Waals surface area (Å²) in [6.07, 6.45) is 3.23. The van der Waals surface area contributed by atoms with E-state index in [9.17, 15) is 9.59 Å². The number of rotatable bonds is 3. The summed E-state index contributed by atoms with van der Waals surface area (Å²) in [5.41, 5.74) is 7.98. The molecule has 8 nitrogen and oxygen atoms in total. The highest BCUT2D eigenvalue weighted by atomic mass is 16.5. The third-order valence-corrected chi connectivity index (χ3v) is 5.62. The molecule has 0 aliphatic carbocycles. The van der Waals surface area contributed by atoms with Gasteiger partial charge in [0.1, 0.15) is 11.6 Å². The Morgan fingerprint density at radius 3 is 2.85 bits per heavy atom. The van der Waals surface area contributed by atoms with Crippen molar-refractivity contribution >= 4 is 17.6 Å². The smallest absolute Gasteiger partial charge is 0.254 e. The molecule has 2 atom stereocenters. The van der Waals surface area contributed by atoms with E-state index in [1.807, 2.05) is 18.7 Å². The Labute approximate surface area is 157 Å². The van der Waals surface area contributed by atoms with Gasteiger partial charge >= 0.3 is 0 Å². The first kappa shape index (κ1) is 17.5. The van der Waals surface area contributed by atoms with Gasteiger partial charge in [0.15, 0.2) is 0 Å². The second-order valence-electron chi connectivity index (χ2n) is 7.38. The van der Waals surface area contributed by atoms with Crippen molar-refractivity contribution in [2.24, 2.45) is 5.92 Å². The summed E-state index contributed by atoms with van der Waals surface area (Å²) in [5.74, 6) is 0.881. The van der Waals surface area contributed by atoms with Crippen LogP contribution >= 0.6 is 0 Å². The van der Waals surface area contributed by atoms with E-state index >= 15 is 0 Å². The number of hydrogen-bond acceptors (Lipinski definition) is 6. The van der Waals surface area contributed by atoms with E-state index in [4.69, 9.17) is 10.3 Å². The summed E-state index contributed by atoms with van der Waals surface area (Å²) in [6, 6.07) is 3.24. The fourth-order valence-electron chi connectivity index (χ4n) is 4.08. The third-order valence-electron chi connectivity index (χ3n) is 5.62. The van der Waals surface area contributed by atoms with Crippen molar-refractivity contribution in [2.45, 2.75) is 39.3 Å². The number of carbonyl (C=O) groups is 2.